The molecule has 2 aliphatic heterocycles. The first kappa shape index (κ1) is 15.0. The second-order valence-corrected chi connectivity index (χ2v) is 7.55. The lowest BCUT2D eigenvalue weighted by Gasteiger charge is -2.25. The molecule has 0 radical (unpaired) electrons. The molecule has 0 aromatic carbocycles. The minimum absolute atomic E-state index is 0.0134. The zero-order valence-electron chi connectivity index (χ0n) is 11.7. The van der Waals surface area contributed by atoms with Crippen LogP contribution >= 0.6 is 22.7 Å². The number of aliphatic hydroxyl groups is 1. The fourth-order valence-electron chi connectivity index (χ4n) is 2.12. The number of amides is 1. The topological polar surface area (TPSA) is 130 Å². The van der Waals surface area contributed by atoms with Gasteiger partial charge >= 0.3 is 0 Å². The van der Waals surface area contributed by atoms with Crippen LogP contribution in [0.1, 0.15) is 23.6 Å². The Hall–Kier alpha value is -1.91. The molecule has 0 aliphatic carbocycles. The van der Waals surface area contributed by atoms with Gasteiger partial charge < -0.3 is 10.8 Å². The highest BCUT2D eigenvalue weighted by atomic mass is 32.2. The van der Waals surface area contributed by atoms with Crippen molar-refractivity contribution in [3.05, 3.63) is 18.6 Å². The predicted molar refractivity (Wildman–Crippen MR) is 86.1 cm³/mol. The lowest BCUT2D eigenvalue weighted by Crippen LogP contribution is -2.52. The summed E-state index contributed by atoms with van der Waals surface area (Å²) in [5.74, 6) is -0.376. The van der Waals surface area contributed by atoms with Gasteiger partial charge in [0.25, 0.3) is 9.96 Å². The van der Waals surface area contributed by atoms with E-state index in [0.29, 0.717) is 15.5 Å². The first-order valence-corrected chi connectivity index (χ1v) is 8.01. The highest BCUT2D eigenvalue weighted by Gasteiger charge is 2.36. The molecule has 0 saturated heterocycles. The molecule has 0 spiro atoms. The van der Waals surface area contributed by atoms with Gasteiger partial charge in [0, 0.05) is 0 Å². The molecule has 1 aromatic rings. The Morgan fingerprint density at radius 1 is 1.32 bits per heavy atom. The van der Waals surface area contributed by atoms with Crippen molar-refractivity contribution in [2.75, 3.05) is 0 Å². The van der Waals surface area contributed by atoms with Crippen LogP contribution in [0.5, 0.6) is 0 Å². The molecule has 0 bridgehead atoms. The zero-order valence-corrected chi connectivity index (χ0v) is 13.4. The van der Waals surface area contributed by atoms with Gasteiger partial charge in [0.2, 0.25) is 0 Å². The Morgan fingerprint density at radius 2 is 2.05 bits per heavy atom. The van der Waals surface area contributed by atoms with Gasteiger partial charge in [-0.25, -0.2) is 4.99 Å². The number of guanidine groups is 1. The van der Waals surface area contributed by atoms with Crippen LogP contribution in [0.4, 0.5) is 0 Å². The summed E-state index contributed by atoms with van der Waals surface area (Å²) in [5, 5.41) is 12.6. The van der Waals surface area contributed by atoms with E-state index in [1.807, 2.05) is 0 Å². The molecule has 8 nitrogen and oxygen atoms in total. The van der Waals surface area contributed by atoms with E-state index >= 15 is 0 Å². The minimum Gasteiger partial charge on any atom is -0.385 e. The van der Waals surface area contributed by atoms with Crippen molar-refractivity contribution in [3.63, 3.8) is 0 Å². The Bertz CT molecular complexity index is 783. The van der Waals surface area contributed by atoms with Gasteiger partial charge in [-0.3, -0.25) is 24.9 Å². The average molecular weight is 339 g/mol. The number of carbonyl (C=O) groups is 1. The maximum absolute atomic E-state index is 11.9. The first-order chi connectivity index (χ1) is 10.3. The van der Waals surface area contributed by atoms with Crippen LogP contribution in [0.15, 0.2) is 19.8 Å². The molecule has 0 saturated carbocycles. The molecule has 3 rings (SSSR count). The fraction of sp³-hybridized carbons (Fsp3) is 0.417. The summed E-state index contributed by atoms with van der Waals surface area (Å²) in [7, 11) is 0. The van der Waals surface area contributed by atoms with Crippen LogP contribution in [-0.2, 0) is 10.4 Å². The second-order valence-electron chi connectivity index (χ2n) is 5.33. The molecule has 10 heteroatoms. The van der Waals surface area contributed by atoms with E-state index < -0.39 is 17.8 Å². The molecule has 2 atom stereocenters. The molecule has 1 aromatic heterocycles. The van der Waals surface area contributed by atoms with Gasteiger partial charge in [-0.15, -0.1) is 0 Å². The summed E-state index contributed by atoms with van der Waals surface area (Å²) in [6.07, 6.45) is 0.780. The van der Waals surface area contributed by atoms with Crippen molar-refractivity contribution in [3.8, 4) is 0 Å². The van der Waals surface area contributed by atoms with E-state index in [4.69, 9.17) is 5.73 Å². The van der Waals surface area contributed by atoms with E-state index in [2.05, 4.69) is 20.3 Å². The summed E-state index contributed by atoms with van der Waals surface area (Å²) in [4.78, 5) is 37.2. The van der Waals surface area contributed by atoms with Gasteiger partial charge in [0.05, 0.1) is 27.3 Å². The molecule has 22 heavy (non-hydrogen) atoms. The Kier molecular flexibility index (Phi) is 3.46. The Balaban J connectivity index is 2.05. The summed E-state index contributed by atoms with van der Waals surface area (Å²) >= 11 is 1.95. The molecule has 2 aliphatic rings. The van der Waals surface area contributed by atoms with Crippen molar-refractivity contribution < 1.29 is 9.90 Å². The molecule has 2 unspecified atom stereocenters. The van der Waals surface area contributed by atoms with Crippen molar-refractivity contribution in [2.24, 2.45) is 20.7 Å². The number of hydrogen-bond donors (Lipinski definition) is 3. The number of rotatable bonds is 2. The minimum atomic E-state index is -1.18. The normalized spacial score (nSPS) is 24.4. The Labute approximate surface area is 133 Å². The number of fused-ring (bicyclic) bond motifs is 1. The van der Waals surface area contributed by atoms with Crippen LogP contribution < -0.4 is 15.1 Å². The van der Waals surface area contributed by atoms with Crippen LogP contribution in [0.3, 0.4) is 0 Å². The molecule has 3 heterocycles. The van der Waals surface area contributed by atoms with Crippen molar-refractivity contribution in [2.45, 2.75) is 31.7 Å². The molecular weight excluding hydrogens is 326 g/mol. The SMILES string of the molecule is CC(C)(O)c1sc(=O)sc1C1=NC2C(=O)NC(N)=NC2N=C1. The lowest BCUT2D eigenvalue weighted by atomic mass is 10.0. The number of nitrogens with two attached hydrogens (primary N) is 1. The smallest absolute Gasteiger partial charge is 0.288 e. The summed E-state index contributed by atoms with van der Waals surface area (Å²) in [6, 6.07) is -0.816. The first-order valence-electron chi connectivity index (χ1n) is 6.38. The van der Waals surface area contributed by atoms with Gasteiger partial charge in [-0.05, 0) is 13.8 Å². The lowest BCUT2D eigenvalue weighted by molar-refractivity contribution is -0.121. The third kappa shape index (κ3) is 2.60. The highest BCUT2D eigenvalue weighted by Crippen LogP contribution is 2.30. The molecule has 0 fully saturated rings. The number of carbonyl (C=O) groups excluding carboxylic acids is 1. The van der Waals surface area contributed by atoms with Gasteiger partial charge in [-0.1, -0.05) is 22.7 Å². The van der Waals surface area contributed by atoms with E-state index in [9.17, 15) is 14.7 Å². The van der Waals surface area contributed by atoms with Crippen molar-refractivity contribution in [1.82, 2.24) is 5.32 Å². The summed E-state index contributed by atoms with van der Waals surface area (Å²) in [6.45, 7) is 3.19. The molecule has 4 N–H and O–H groups in total. The predicted octanol–water partition coefficient (Wildman–Crippen LogP) is -0.590. The van der Waals surface area contributed by atoms with E-state index in [1.54, 1.807) is 13.8 Å². The number of nitrogens with one attached hydrogen (secondary N) is 1. The fourth-order valence-corrected chi connectivity index (χ4v) is 4.37. The summed E-state index contributed by atoms with van der Waals surface area (Å²) in [5.41, 5.74) is 4.71. The van der Waals surface area contributed by atoms with Crippen LogP contribution in [0.25, 0.3) is 0 Å². The largest absolute Gasteiger partial charge is 0.385 e. The molecule has 1 amide bonds. The van der Waals surface area contributed by atoms with Gasteiger partial charge in [0.1, 0.15) is 0 Å². The Morgan fingerprint density at radius 3 is 2.73 bits per heavy atom. The third-order valence-electron chi connectivity index (χ3n) is 3.07. The van der Waals surface area contributed by atoms with E-state index in [-0.39, 0.29) is 15.9 Å². The van der Waals surface area contributed by atoms with Crippen LogP contribution in [-0.4, -0.2) is 41.1 Å². The van der Waals surface area contributed by atoms with E-state index in [0.717, 1.165) is 22.7 Å². The van der Waals surface area contributed by atoms with Crippen molar-refractivity contribution in [1.29, 1.82) is 0 Å². The second kappa shape index (κ2) is 5.07. The highest BCUT2D eigenvalue weighted by molar-refractivity contribution is 7.29. The molecular formula is C12H13N5O3S2. The maximum atomic E-state index is 11.9. The molecule has 116 valence electrons. The van der Waals surface area contributed by atoms with Gasteiger partial charge in [-0.2, -0.15) is 0 Å². The maximum Gasteiger partial charge on any atom is 0.288 e. The standard InChI is InChI=1S/C12H13N5O3S2/c1-12(2,20)7-6(21-11(19)22-7)4-3-14-8-5(15-4)9(18)17-10(13)16-8/h3,5,8,20H,1-2H3,(H3,13,16,17,18). The average Bonchev–Trinajstić information content (AvgIpc) is 2.80. The van der Waals surface area contributed by atoms with Crippen molar-refractivity contribution >= 4 is 46.5 Å². The third-order valence-corrected chi connectivity index (χ3v) is 5.55. The summed E-state index contributed by atoms with van der Waals surface area (Å²) < 4.78 is -0.152. The zero-order chi connectivity index (χ0) is 16.1. The number of aliphatic imine (C=N–C) groups is 3. The number of nitrogens with zero attached hydrogens (tertiary/aromatic N) is 3. The van der Waals surface area contributed by atoms with Gasteiger partial charge in [0.15, 0.2) is 18.2 Å². The monoisotopic (exact) mass is 339 g/mol. The number of hydrogen-bond acceptors (Lipinski definition) is 9. The quantitative estimate of drug-likeness (QED) is 0.665. The van der Waals surface area contributed by atoms with Crippen LogP contribution in [0, 0.1) is 0 Å². The van der Waals surface area contributed by atoms with Crippen LogP contribution in [0.2, 0.25) is 0 Å². The van der Waals surface area contributed by atoms with E-state index in [1.165, 1.54) is 6.21 Å².